The quantitative estimate of drug-likeness (QED) is 0.661. The highest BCUT2D eigenvalue weighted by Gasteiger charge is 2.20. The van der Waals surface area contributed by atoms with Crippen molar-refractivity contribution in [3.8, 4) is 28.7 Å². The predicted octanol–water partition coefficient (Wildman–Crippen LogP) is -0.254. The number of rotatable bonds is 1. The molecule has 0 aliphatic carbocycles. The van der Waals surface area contributed by atoms with Crippen molar-refractivity contribution < 1.29 is 5.11 Å². The van der Waals surface area contributed by atoms with Gasteiger partial charge in [0.2, 0.25) is 0 Å². The van der Waals surface area contributed by atoms with Gasteiger partial charge in [-0.05, 0) is 12.1 Å². The number of phenolic OH excluding ortho intramolecular Hbond substituents is 1. The summed E-state index contributed by atoms with van der Waals surface area (Å²) in [4.78, 5) is 31.6. The van der Waals surface area contributed by atoms with Gasteiger partial charge in [-0.1, -0.05) is 12.1 Å². The summed E-state index contributed by atoms with van der Waals surface area (Å²) in [5, 5.41) is 14.0. The third-order valence-electron chi connectivity index (χ3n) is 3.12. The van der Waals surface area contributed by atoms with Crippen LogP contribution in [0.25, 0.3) is 22.9 Å². The zero-order valence-electron chi connectivity index (χ0n) is 11.3. The maximum absolute atomic E-state index is 12.1. The Kier molecular flexibility index (Phi) is 2.79. The molecule has 3 rings (SSSR count). The predicted molar refractivity (Wildman–Crippen MR) is 74.0 cm³/mol. The fourth-order valence-electron chi connectivity index (χ4n) is 1.98. The number of aromatic nitrogens is 5. The lowest BCUT2D eigenvalue weighted by Crippen LogP contribution is -2.36. The van der Waals surface area contributed by atoms with E-state index in [9.17, 15) is 14.7 Å². The summed E-state index contributed by atoms with van der Waals surface area (Å²) in [6.45, 7) is 0. The van der Waals surface area contributed by atoms with E-state index in [2.05, 4.69) is 15.1 Å². The Labute approximate surface area is 118 Å². The molecule has 106 valence electrons. The molecule has 1 N–H and O–H groups in total. The molecule has 2 aliphatic rings. The molecule has 0 bridgehead atoms. The van der Waals surface area contributed by atoms with E-state index >= 15 is 0 Å². The Bertz CT molecular complexity index is 928. The van der Waals surface area contributed by atoms with E-state index in [-0.39, 0.29) is 23.1 Å². The summed E-state index contributed by atoms with van der Waals surface area (Å²) in [5.41, 5.74) is -0.808. The van der Waals surface area contributed by atoms with Crippen LogP contribution in [0, 0.1) is 0 Å². The number of fused-ring (bicyclic) bond motifs is 1. The van der Waals surface area contributed by atoms with Crippen molar-refractivity contribution in [3.05, 3.63) is 45.1 Å². The molecular formula is C13H11N5O3. The van der Waals surface area contributed by atoms with Crippen LogP contribution in [-0.4, -0.2) is 29.4 Å². The standard InChI is InChI=1S/C13H11N5O3/c1-17-12(20)9-11(15-13(17)21)18(2)16-10(14-9)7-5-3-4-6-8(7)19/h3-6,19H,1-2H3. The highest BCUT2D eigenvalue weighted by atomic mass is 16.3. The molecule has 1 aromatic rings. The van der Waals surface area contributed by atoms with Gasteiger partial charge in [0.1, 0.15) is 5.75 Å². The molecule has 0 spiro atoms. The molecular weight excluding hydrogens is 274 g/mol. The van der Waals surface area contributed by atoms with Crippen LogP contribution in [0.3, 0.4) is 0 Å². The van der Waals surface area contributed by atoms with E-state index in [1.165, 1.54) is 17.8 Å². The topological polar surface area (TPSA) is 103 Å². The van der Waals surface area contributed by atoms with E-state index < -0.39 is 11.2 Å². The highest BCUT2D eigenvalue weighted by Crippen LogP contribution is 2.26. The van der Waals surface area contributed by atoms with E-state index in [0.29, 0.717) is 5.56 Å². The first-order chi connectivity index (χ1) is 9.99. The maximum Gasteiger partial charge on any atom is 0.352 e. The molecule has 1 aromatic carbocycles. The number of phenols is 1. The lowest BCUT2D eigenvalue weighted by molar-refractivity contribution is 0.476. The Morgan fingerprint density at radius 2 is 1.81 bits per heavy atom. The van der Waals surface area contributed by atoms with Crippen molar-refractivity contribution in [2.45, 2.75) is 0 Å². The number of hydrogen-bond acceptors (Lipinski definition) is 6. The highest BCUT2D eigenvalue weighted by molar-refractivity contribution is 5.65. The molecule has 21 heavy (non-hydrogen) atoms. The second-order valence-electron chi connectivity index (χ2n) is 4.51. The van der Waals surface area contributed by atoms with Gasteiger partial charge in [-0.25, -0.2) is 14.5 Å². The molecule has 0 fully saturated rings. The van der Waals surface area contributed by atoms with Crippen LogP contribution >= 0.6 is 0 Å². The third kappa shape index (κ3) is 1.97. The van der Waals surface area contributed by atoms with Gasteiger partial charge < -0.3 is 5.11 Å². The van der Waals surface area contributed by atoms with Crippen molar-refractivity contribution in [2.75, 3.05) is 0 Å². The van der Waals surface area contributed by atoms with Gasteiger partial charge in [-0.15, -0.1) is 0 Å². The van der Waals surface area contributed by atoms with Crippen LogP contribution in [0.1, 0.15) is 0 Å². The average Bonchev–Trinajstić information content (AvgIpc) is 2.46. The van der Waals surface area contributed by atoms with Crippen LogP contribution < -0.4 is 11.2 Å². The minimum atomic E-state index is -0.665. The normalized spacial score (nSPS) is 11.0. The molecule has 8 heteroatoms. The first kappa shape index (κ1) is 13.0. The van der Waals surface area contributed by atoms with E-state index in [1.807, 2.05) is 0 Å². The lowest BCUT2D eigenvalue weighted by Gasteiger charge is -2.11. The summed E-state index contributed by atoms with van der Waals surface area (Å²) in [6.07, 6.45) is 0. The summed E-state index contributed by atoms with van der Waals surface area (Å²) < 4.78 is 2.18. The molecule has 0 saturated carbocycles. The van der Waals surface area contributed by atoms with E-state index in [1.54, 1.807) is 25.2 Å². The number of benzene rings is 1. The number of aromatic hydroxyl groups is 1. The van der Waals surface area contributed by atoms with Gasteiger partial charge in [-0.2, -0.15) is 10.1 Å². The maximum atomic E-state index is 12.1. The zero-order valence-corrected chi connectivity index (χ0v) is 11.3. The van der Waals surface area contributed by atoms with Crippen LogP contribution in [0.5, 0.6) is 5.75 Å². The van der Waals surface area contributed by atoms with Gasteiger partial charge in [0, 0.05) is 14.1 Å². The van der Waals surface area contributed by atoms with Crippen molar-refractivity contribution in [3.63, 3.8) is 0 Å². The monoisotopic (exact) mass is 285 g/mol. The minimum absolute atomic E-state index is 0.00192. The van der Waals surface area contributed by atoms with E-state index in [4.69, 9.17) is 0 Å². The molecule has 8 nitrogen and oxygen atoms in total. The summed E-state index contributed by atoms with van der Waals surface area (Å²) in [5.74, 6) is 0.282. The number of aryl methyl sites for hydroxylation is 1. The summed E-state index contributed by atoms with van der Waals surface area (Å²) in [7, 11) is 2.89. The molecule has 2 aliphatic heterocycles. The SMILES string of the molecule is Cn1nc(-c2ccccc2O)nc2c(=O)n(C)c(=O)nc1-2. The smallest absolute Gasteiger partial charge is 0.352 e. The summed E-state index contributed by atoms with van der Waals surface area (Å²) in [6, 6.07) is 6.53. The number of nitrogens with zero attached hydrogens (tertiary/aromatic N) is 5. The molecule has 2 heterocycles. The van der Waals surface area contributed by atoms with Crippen LogP contribution in [0.4, 0.5) is 0 Å². The van der Waals surface area contributed by atoms with Gasteiger partial charge in [-0.3, -0.25) is 9.36 Å². The molecule has 0 amide bonds. The average molecular weight is 285 g/mol. The van der Waals surface area contributed by atoms with Gasteiger partial charge in [0.05, 0.1) is 5.56 Å². The van der Waals surface area contributed by atoms with Crippen LogP contribution in [-0.2, 0) is 14.1 Å². The second-order valence-corrected chi connectivity index (χ2v) is 4.51. The first-order valence-electron chi connectivity index (χ1n) is 6.09. The Balaban J connectivity index is 2.40. The Morgan fingerprint density at radius 3 is 2.52 bits per heavy atom. The molecule has 0 aromatic heterocycles. The zero-order chi connectivity index (χ0) is 15.1. The summed E-state index contributed by atoms with van der Waals surface area (Å²) >= 11 is 0. The number of hydrogen-bond donors (Lipinski definition) is 1. The minimum Gasteiger partial charge on any atom is -0.507 e. The number of para-hydroxylation sites is 1. The van der Waals surface area contributed by atoms with Crippen molar-refractivity contribution in [1.82, 2.24) is 24.3 Å². The van der Waals surface area contributed by atoms with Gasteiger partial charge >= 0.3 is 5.69 Å². The fourth-order valence-corrected chi connectivity index (χ4v) is 1.98. The second kappa shape index (κ2) is 4.51. The lowest BCUT2D eigenvalue weighted by atomic mass is 10.2. The van der Waals surface area contributed by atoms with Gasteiger partial charge in [0.25, 0.3) is 5.56 Å². The first-order valence-corrected chi connectivity index (χ1v) is 6.09. The van der Waals surface area contributed by atoms with Crippen LogP contribution in [0.2, 0.25) is 0 Å². The molecule has 0 saturated heterocycles. The fraction of sp³-hybridized carbons (Fsp3) is 0.154. The third-order valence-corrected chi connectivity index (χ3v) is 3.12. The molecule has 0 atom stereocenters. The van der Waals surface area contributed by atoms with Crippen molar-refractivity contribution in [1.29, 1.82) is 0 Å². The van der Waals surface area contributed by atoms with Gasteiger partial charge in [0.15, 0.2) is 17.3 Å². The Morgan fingerprint density at radius 1 is 1.10 bits per heavy atom. The largest absolute Gasteiger partial charge is 0.507 e. The van der Waals surface area contributed by atoms with Crippen molar-refractivity contribution >= 4 is 0 Å². The van der Waals surface area contributed by atoms with E-state index in [0.717, 1.165) is 4.57 Å². The molecule has 0 unspecified atom stereocenters. The van der Waals surface area contributed by atoms with Crippen molar-refractivity contribution in [2.24, 2.45) is 14.1 Å². The molecule has 0 radical (unpaired) electrons. The van der Waals surface area contributed by atoms with Crippen LogP contribution in [0.15, 0.2) is 33.9 Å². The Hall–Kier alpha value is -3.03.